The summed E-state index contributed by atoms with van der Waals surface area (Å²) in [4.78, 5) is 0.275. The Morgan fingerprint density at radius 2 is 2.09 bits per heavy atom. The Hall–Kier alpha value is -0.160. The van der Waals surface area contributed by atoms with E-state index in [1.807, 2.05) is 0 Å². The number of halogens is 1. The van der Waals surface area contributed by atoms with E-state index in [1.54, 1.807) is 0 Å². The van der Waals surface area contributed by atoms with Gasteiger partial charge < -0.3 is 5.73 Å². The first-order chi connectivity index (χ1) is 5.11. The summed E-state index contributed by atoms with van der Waals surface area (Å²) in [6, 6.07) is 0. The van der Waals surface area contributed by atoms with Crippen LogP contribution in [0.1, 0.15) is 23.7 Å². The van der Waals surface area contributed by atoms with Gasteiger partial charge >= 0.3 is 0 Å². The second kappa shape index (κ2) is 3.49. The van der Waals surface area contributed by atoms with Crippen molar-refractivity contribution in [3.63, 3.8) is 0 Å². The lowest BCUT2D eigenvalue weighted by molar-refractivity contribution is 0.634. The van der Waals surface area contributed by atoms with E-state index in [-0.39, 0.29) is 4.83 Å². The summed E-state index contributed by atoms with van der Waals surface area (Å²) in [5, 5.41) is 9.16. The first-order valence-electron chi connectivity index (χ1n) is 3.34. The summed E-state index contributed by atoms with van der Waals surface area (Å²) in [5.41, 5.74) is 5.44. The zero-order chi connectivity index (χ0) is 8.43. The lowest BCUT2D eigenvalue weighted by Crippen LogP contribution is -1.97. The van der Waals surface area contributed by atoms with Crippen molar-refractivity contribution >= 4 is 32.4 Å². The molecule has 62 valence electrons. The molecule has 0 spiro atoms. The summed E-state index contributed by atoms with van der Waals surface area (Å²) in [7, 11) is 0. The molecule has 0 amide bonds. The zero-order valence-corrected chi connectivity index (χ0v) is 8.82. The van der Waals surface area contributed by atoms with Crippen LogP contribution in [-0.2, 0) is 0 Å². The van der Waals surface area contributed by atoms with Gasteiger partial charge in [-0.1, -0.05) is 41.1 Å². The Balaban J connectivity index is 2.76. The number of hydrogen-bond donors (Lipinski definition) is 1. The largest absolute Gasteiger partial charge is 0.374 e. The van der Waals surface area contributed by atoms with Crippen LogP contribution in [0.4, 0.5) is 5.13 Å². The van der Waals surface area contributed by atoms with E-state index in [9.17, 15) is 0 Å². The maximum Gasteiger partial charge on any atom is 0.203 e. The maximum absolute atomic E-state index is 5.44. The van der Waals surface area contributed by atoms with Crippen LogP contribution in [0.15, 0.2) is 0 Å². The SMILES string of the molecule is CC(C)C(Br)c1nnc(N)s1. The number of rotatable bonds is 2. The lowest BCUT2D eigenvalue weighted by Gasteiger charge is -2.08. The topological polar surface area (TPSA) is 51.8 Å². The van der Waals surface area contributed by atoms with Gasteiger partial charge in [-0.2, -0.15) is 0 Å². The van der Waals surface area contributed by atoms with Crippen molar-refractivity contribution in [1.29, 1.82) is 0 Å². The first-order valence-corrected chi connectivity index (χ1v) is 5.07. The Morgan fingerprint density at radius 1 is 1.45 bits per heavy atom. The molecule has 0 aliphatic carbocycles. The molecule has 0 aliphatic heterocycles. The zero-order valence-electron chi connectivity index (χ0n) is 6.41. The minimum absolute atomic E-state index is 0.275. The van der Waals surface area contributed by atoms with Crippen molar-refractivity contribution in [3.05, 3.63) is 5.01 Å². The van der Waals surface area contributed by atoms with E-state index in [4.69, 9.17) is 5.73 Å². The quantitative estimate of drug-likeness (QED) is 0.801. The Bertz CT molecular complexity index is 235. The lowest BCUT2D eigenvalue weighted by atomic mass is 10.1. The molecule has 1 aromatic rings. The summed E-state index contributed by atoms with van der Waals surface area (Å²) >= 11 is 4.95. The fraction of sp³-hybridized carbons (Fsp3) is 0.667. The van der Waals surface area contributed by atoms with Crippen molar-refractivity contribution in [1.82, 2.24) is 10.2 Å². The molecule has 3 nitrogen and oxygen atoms in total. The van der Waals surface area contributed by atoms with E-state index in [2.05, 4.69) is 40.0 Å². The molecule has 0 radical (unpaired) electrons. The van der Waals surface area contributed by atoms with Crippen LogP contribution in [0, 0.1) is 5.92 Å². The molecule has 1 heterocycles. The average molecular weight is 236 g/mol. The van der Waals surface area contributed by atoms with Crippen molar-refractivity contribution in [2.75, 3.05) is 5.73 Å². The molecule has 1 unspecified atom stereocenters. The fourth-order valence-electron chi connectivity index (χ4n) is 0.643. The second-order valence-electron chi connectivity index (χ2n) is 2.62. The van der Waals surface area contributed by atoms with Gasteiger partial charge in [-0.05, 0) is 5.92 Å². The van der Waals surface area contributed by atoms with Crippen molar-refractivity contribution < 1.29 is 0 Å². The Kier molecular flexibility index (Phi) is 2.84. The van der Waals surface area contributed by atoms with Crippen molar-refractivity contribution in [2.45, 2.75) is 18.7 Å². The number of nitrogens with zero attached hydrogens (tertiary/aromatic N) is 2. The average Bonchev–Trinajstić information content (AvgIpc) is 2.34. The highest BCUT2D eigenvalue weighted by atomic mass is 79.9. The van der Waals surface area contributed by atoms with Crippen molar-refractivity contribution in [3.8, 4) is 0 Å². The van der Waals surface area contributed by atoms with Crippen LogP contribution >= 0.6 is 27.3 Å². The van der Waals surface area contributed by atoms with E-state index in [0.717, 1.165) is 5.01 Å². The van der Waals surface area contributed by atoms with Gasteiger partial charge in [-0.25, -0.2) is 0 Å². The van der Waals surface area contributed by atoms with Gasteiger partial charge in [-0.3, -0.25) is 0 Å². The van der Waals surface area contributed by atoms with E-state index in [1.165, 1.54) is 11.3 Å². The molecule has 11 heavy (non-hydrogen) atoms. The standard InChI is InChI=1S/C6H10BrN3S/c1-3(2)4(7)5-9-10-6(8)11-5/h3-4H,1-2H3,(H2,8,10). The second-order valence-corrected chi connectivity index (χ2v) is 4.65. The van der Waals surface area contributed by atoms with Crippen LogP contribution in [0.2, 0.25) is 0 Å². The van der Waals surface area contributed by atoms with Crippen LogP contribution in [0.25, 0.3) is 0 Å². The summed E-state index contributed by atoms with van der Waals surface area (Å²) in [6.45, 7) is 4.24. The monoisotopic (exact) mass is 235 g/mol. The van der Waals surface area contributed by atoms with Crippen LogP contribution in [0.5, 0.6) is 0 Å². The van der Waals surface area contributed by atoms with Crippen molar-refractivity contribution in [2.24, 2.45) is 5.92 Å². The number of nitrogens with two attached hydrogens (primary N) is 1. The molecule has 1 atom stereocenters. The highest BCUT2D eigenvalue weighted by Gasteiger charge is 2.15. The Morgan fingerprint density at radius 3 is 2.45 bits per heavy atom. The van der Waals surface area contributed by atoms with Crippen LogP contribution < -0.4 is 5.73 Å². The van der Waals surface area contributed by atoms with E-state index >= 15 is 0 Å². The highest BCUT2D eigenvalue weighted by molar-refractivity contribution is 9.09. The third-order valence-corrected chi connectivity index (χ3v) is 3.91. The maximum atomic E-state index is 5.44. The smallest absolute Gasteiger partial charge is 0.203 e. The minimum atomic E-state index is 0.275. The summed E-state index contributed by atoms with van der Waals surface area (Å²) < 4.78 is 0. The van der Waals surface area contributed by atoms with Gasteiger partial charge in [0.1, 0.15) is 5.01 Å². The molecule has 1 aromatic heterocycles. The van der Waals surface area contributed by atoms with E-state index < -0.39 is 0 Å². The molecule has 0 aliphatic rings. The minimum Gasteiger partial charge on any atom is -0.374 e. The summed E-state index contributed by atoms with van der Waals surface area (Å²) in [6.07, 6.45) is 0. The number of hydrogen-bond acceptors (Lipinski definition) is 4. The number of alkyl halides is 1. The van der Waals surface area contributed by atoms with Gasteiger partial charge in [-0.15, -0.1) is 10.2 Å². The van der Waals surface area contributed by atoms with Gasteiger partial charge in [0, 0.05) is 0 Å². The molecular formula is C6H10BrN3S. The third kappa shape index (κ3) is 2.13. The molecule has 2 N–H and O–H groups in total. The van der Waals surface area contributed by atoms with E-state index in [0.29, 0.717) is 11.0 Å². The van der Waals surface area contributed by atoms with Gasteiger partial charge in [0.15, 0.2) is 0 Å². The molecular weight excluding hydrogens is 226 g/mol. The Labute approximate surface area is 78.1 Å². The number of anilines is 1. The van der Waals surface area contributed by atoms with Gasteiger partial charge in [0.05, 0.1) is 4.83 Å². The predicted octanol–water partition coefficient (Wildman–Crippen LogP) is 2.21. The molecule has 0 aromatic carbocycles. The molecule has 0 saturated heterocycles. The molecule has 0 fully saturated rings. The fourth-order valence-corrected chi connectivity index (χ4v) is 1.78. The molecule has 1 rings (SSSR count). The molecule has 0 saturated carbocycles. The predicted molar refractivity (Wildman–Crippen MR) is 50.8 cm³/mol. The number of aromatic nitrogens is 2. The van der Waals surface area contributed by atoms with Crippen LogP contribution in [0.3, 0.4) is 0 Å². The third-order valence-electron chi connectivity index (χ3n) is 1.28. The van der Waals surface area contributed by atoms with Gasteiger partial charge in [0.2, 0.25) is 5.13 Å². The normalized spacial score (nSPS) is 13.8. The molecule has 5 heteroatoms. The highest BCUT2D eigenvalue weighted by Crippen LogP contribution is 2.32. The summed E-state index contributed by atoms with van der Waals surface area (Å²) in [5.74, 6) is 0.516. The number of nitrogen functional groups attached to an aromatic ring is 1. The van der Waals surface area contributed by atoms with Crippen LogP contribution in [-0.4, -0.2) is 10.2 Å². The molecule has 0 bridgehead atoms. The first kappa shape index (κ1) is 8.93. The van der Waals surface area contributed by atoms with Gasteiger partial charge in [0.25, 0.3) is 0 Å².